The van der Waals surface area contributed by atoms with Gasteiger partial charge in [0.15, 0.2) is 24.4 Å². The molecule has 6 aliphatic rings. The van der Waals surface area contributed by atoms with Crippen molar-refractivity contribution >= 4 is 47.4 Å². The van der Waals surface area contributed by atoms with Crippen LogP contribution in [0.15, 0.2) is 119 Å². The lowest BCUT2D eigenvalue weighted by molar-refractivity contribution is -0.355. The van der Waals surface area contributed by atoms with Gasteiger partial charge in [0.2, 0.25) is 41.7 Å². The van der Waals surface area contributed by atoms with Crippen LogP contribution in [0.1, 0.15) is 35.1 Å². The SMILES string of the molecule is CC(c1ccccc1)C1NC(=O)CNC(=O)C(CO)NC(=O)C(C(O)C2CN=C(N)N2C2OC(CO)C(O)C(O)C2O)NC(=O)C(C(O)C2CN=C(N)N2)NC(=O)C(Cc2ccc(OC3OC(CO)C(OC4OC(CO)C(O)C(OCc5ccc(OCc6ccccc6)cc5)C4O)C(O)C3O)cc2)NC1=O. The van der Waals surface area contributed by atoms with Gasteiger partial charge in [0, 0.05) is 12.3 Å². The van der Waals surface area contributed by atoms with Crippen molar-refractivity contribution in [3.63, 3.8) is 0 Å². The molecule has 24 N–H and O–H groups in total. The van der Waals surface area contributed by atoms with E-state index in [-0.39, 0.29) is 30.4 Å². The molecule has 4 fully saturated rings. The van der Waals surface area contributed by atoms with Crippen molar-refractivity contribution in [1.82, 2.24) is 42.1 Å². The number of rotatable bonds is 23. The average molecular weight is 1490 g/mol. The first-order chi connectivity index (χ1) is 50.8. The molecule has 38 nitrogen and oxygen atoms in total. The Morgan fingerprint density at radius 2 is 1.10 bits per heavy atom. The van der Waals surface area contributed by atoms with E-state index in [1.807, 2.05) is 30.3 Å². The second-order valence-corrected chi connectivity index (χ2v) is 26.3. The molecule has 25 atom stereocenters. The van der Waals surface area contributed by atoms with Crippen molar-refractivity contribution in [2.24, 2.45) is 21.5 Å². The fraction of sp³-hybridized carbons (Fsp3) is 0.529. The molecule has 0 bridgehead atoms. The molecule has 6 amide bonds. The number of nitrogens with one attached hydrogen (secondary N) is 7. The predicted octanol–water partition coefficient (Wildman–Crippen LogP) is -9.81. The first-order valence-electron chi connectivity index (χ1n) is 34.1. The van der Waals surface area contributed by atoms with E-state index in [9.17, 15) is 85.6 Å². The zero-order chi connectivity index (χ0) is 76.2. The lowest BCUT2D eigenvalue weighted by Crippen LogP contribution is -2.70. The molecule has 0 aliphatic carbocycles. The highest BCUT2D eigenvalue weighted by atomic mass is 16.7. The van der Waals surface area contributed by atoms with Crippen LogP contribution < -0.4 is 58.2 Å². The molecule has 0 radical (unpaired) electrons. The third-order valence-electron chi connectivity index (χ3n) is 19.1. The summed E-state index contributed by atoms with van der Waals surface area (Å²) in [6, 6.07) is 17.2. The molecule has 0 aromatic heterocycles. The van der Waals surface area contributed by atoms with E-state index in [0.717, 1.165) is 10.5 Å². The Morgan fingerprint density at radius 3 is 1.75 bits per heavy atom. The van der Waals surface area contributed by atoms with Crippen molar-refractivity contribution in [3.8, 4) is 11.5 Å². The maximum atomic E-state index is 15.2. The summed E-state index contributed by atoms with van der Waals surface area (Å²) in [5, 5.41) is 161. The summed E-state index contributed by atoms with van der Waals surface area (Å²) in [6.07, 6.45) is -31.0. The number of hydrogen-bond acceptors (Lipinski definition) is 32. The Labute approximate surface area is 605 Å². The van der Waals surface area contributed by atoms with E-state index in [4.69, 9.17) is 44.6 Å². The summed E-state index contributed by atoms with van der Waals surface area (Å²) in [7, 11) is 0. The van der Waals surface area contributed by atoms with Crippen LogP contribution >= 0.6 is 0 Å². The molecule has 578 valence electrons. The molecule has 0 saturated carbocycles. The number of aliphatic hydroxyl groups excluding tert-OH is 13. The minimum atomic E-state index is -2.35. The lowest BCUT2D eigenvalue weighted by Gasteiger charge is -2.46. The highest BCUT2D eigenvalue weighted by Gasteiger charge is 2.55. The monoisotopic (exact) mass is 1490 g/mol. The van der Waals surface area contributed by atoms with Gasteiger partial charge in [-0.1, -0.05) is 91.9 Å². The van der Waals surface area contributed by atoms with Gasteiger partial charge in [0.1, 0.15) is 134 Å². The summed E-state index contributed by atoms with van der Waals surface area (Å²) in [5.41, 5.74) is 14.5. The van der Waals surface area contributed by atoms with Crippen LogP contribution in [0.4, 0.5) is 0 Å². The van der Waals surface area contributed by atoms with Gasteiger partial charge < -0.3 is 153 Å². The van der Waals surface area contributed by atoms with Crippen molar-refractivity contribution in [3.05, 3.63) is 131 Å². The maximum absolute atomic E-state index is 15.2. The zero-order valence-electron chi connectivity index (χ0n) is 57.0. The number of carbonyl (C=O) groups is 6. The maximum Gasteiger partial charge on any atom is 0.246 e. The zero-order valence-corrected chi connectivity index (χ0v) is 57.0. The predicted molar refractivity (Wildman–Crippen MR) is 363 cm³/mol. The largest absolute Gasteiger partial charge is 0.489 e. The smallest absolute Gasteiger partial charge is 0.246 e. The molecule has 38 heteroatoms. The molecule has 106 heavy (non-hydrogen) atoms. The van der Waals surface area contributed by atoms with Gasteiger partial charge in [0.25, 0.3) is 0 Å². The Morgan fingerprint density at radius 1 is 0.519 bits per heavy atom. The summed E-state index contributed by atoms with van der Waals surface area (Å²) in [6.45, 7) is -3.77. The summed E-state index contributed by atoms with van der Waals surface area (Å²) < 4.78 is 41.1. The van der Waals surface area contributed by atoms with Gasteiger partial charge >= 0.3 is 0 Å². The van der Waals surface area contributed by atoms with Crippen LogP contribution in [0.5, 0.6) is 11.5 Å². The molecule has 10 rings (SSSR count). The summed E-state index contributed by atoms with van der Waals surface area (Å²) in [4.78, 5) is 96.7. The first kappa shape index (κ1) is 79.7. The standard InChI is InChI=1S/C68H90N12O26/c1-30(34-10-6-3-7-11-34)45-61(97)74-37(20-31-12-18-36(19-13-31)102-65-55(93)53(91)57(43(27-84)105-65)106-66-56(94)58(51(89)42(26-83)104-66)101-29-33-14-16-35(17-15-33)100-28-32-8-4-2-5-9-32)60(96)78-46(48(86)38-21-72-67(69)76-38)63(99)79-47(62(98)75-39(24-81)59(95)71-23-44(85)77-45)49(87)40-22-73-68(70)80(40)64-54(92)52(90)50(88)41(25-82)103-64/h2-19,30,37-43,45-58,64-66,81-84,86-94H,20-29H2,1H3,(H2,70,73)(H,71,95)(H,74,97)(H,75,98)(H,77,85)(H,78,96)(H,79,99)(H3,69,72,76). The van der Waals surface area contributed by atoms with E-state index in [0.29, 0.717) is 23.5 Å². The van der Waals surface area contributed by atoms with Crippen molar-refractivity contribution < 1.29 is 128 Å². The van der Waals surface area contributed by atoms with Crippen molar-refractivity contribution in [2.75, 3.05) is 46.1 Å². The Balaban J connectivity index is 0.886. The Bertz CT molecular complexity index is 3670. The minimum absolute atomic E-state index is 0.0689. The Kier molecular flexibility index (Phi) is 27.2. The molecule has 6 heterocycles. The number of ether oxygens (including phenoxy) is 7. The van der Waals surface area contributed by atoms with E-state index < -0.39 is 240 Å². The number of guanidine groups is 2. The molecule has 6 aliphatic heterocycles. The minimum Gasteiger partial charge on any atom is -0.489 e. The number of nitrogens with two attached hydrogens (primary N) is 2. The highest BCUT2D eigenvalue weighted by Crippen LogP contribution is 2.34. The normalized spacial score (nSPS) is 33.8. The van der Waals surface area contributed by atoms with Gasteiger partial charge in [-0.25, -0.2) is 0 Å². The van der Waals surface area contributed by atoms with E-state index >= 15 is 9.59 Å². The second kappa shape index (κ2) is 36.1. The molecule has 25 unspecified atom stereocenters. The van der Waals surface area contributed by atoms with Crippen LogP contribution in [-0.4, -0.2) is 311 Å². The van der Waals surface area contributed by atoms with E-state index in [1.54, 1.807) is 61.5 Å². The molecular weight excluding hydrogens is 1400 g/mol. The number of aliphatic imine (C=N–C) groups is 2. The van der Waals surface area contributed by atoms with Gasteiger partial charge in [-0.2, -0.15) is 0 Å². The third-order valence-corrected chi connectivity index (χ3v) is 19.1. The molecular formula is C68H90N12O26. The average Bonchev–Trinajstić information content (AvgIpc) is 1.24. The quantitative estimate of drug-likeness (QED) is 0.0328. The first-order valence-corrected chi connectivity index (χ1v) is 34.1. The number of amides is 6. The molecule has 4 saturated heterocycles. The van der Waals surface area contributed by atoms with Gasteiger partial charge in [-0.15, -0.1) is 0 Å². The van der Waals surface area contributed by atoms with Gasteiger partial charge in [0.05, 0.1) is 64.8 Å². The highest BCUT2D eigenvalue weighted by molar-refractivity contribution is 5.98. The lowest BCUT2D eigenvalue weighted by atomic mass is 9.92. The van der Waals surface area contributed by atoms with Crippen LogP contribution in [0.3, 0.4) is 0 Å². The van der Waals surface area contributed by atoms with Crippen molar-refractivity contribution in [1.29, 1.82) is 0 Å². The fourth-order valence-electron chi connectivity index (χ4n) is 13.0. The number of benzene rings is 4. The number of nitrogens with zero attached hydrogens (tertiary/aromatic N) is 3. The fourth-order valence-corrected chi connectivity index (χ4v) is 13.0. The van der Waals surface area contributed by atoms with Crippen LogP contribution in [0.25, 0.3) is 0 Å². The van der Waals surface area contributed by atoms with Gasteiger partial charge in [-0.05, 0) is 46.5 Å². The Hall–Kier alpha value is -8.88. The van der Waals surface area contributed by atoms with E-state index in [2.05, 4.69) is 47.2 Å². The number of aliphatic hydroxyl groups is 13. The summed E-state index contributed by atoms with van der Waals surface area (Å²) >= 11 is 0. The van der Waals surface area contributed by atoms with Gasteiger partial charge in [-0.3, -0.25) is 38.8 Å². The van der Waals surface area contributed by atoms with Crippen LogP contribution in [0, 0.1) is 0 Å². The summed E-state index contributed by atoms with van der Waals surface area (Å²) in [5.74, 6) is -8.44. The third kappa shape index (κ3) is 18.7. The number of carbonyl (C=O) groups excluding carboxylic acids is 6. The topological polar surface area (TPSA) is 594 Å². The van der Waals surface area contributed by atoms with Crippen LogP contribution in [0.2, 0.25) is 0 Å². The molecule has 4 aromatic rings. The second-order valence-electron chi connectivity index (χ2n) is 26.3. The van der Waals surface area contributed by atoms with Crippen LogP contribution in [-0.2, 0) is 72.1 Å². The molecule has 4 aromatic carbocycles. The number of hydrogen-bond donors (Lipinski definition) is 22. The molecule has 0 spiro atoms. The van der Waals surface area contributed by atoms with E-state index in [1.165, 1.54) is 24.3 Å². The van der Waals surface area contributed by atoms with Crippen molar-refractivity contribution in [2.45, 2.75) is 179 Å².